The first-order chi connectivity index (χ1) is 9.88. The Kier molecular flexibility index (Phi) is 4.35. The molecular formula is C15H22N6. The number of hydrogen-bond donors (Lipinski definition) is 2. The third-order valence-corrected chi connectivity index (χ3v) is 2.94. The molecule has 6 nitrogen and oxygen atoms in total. The van der Waals surface area contributed by atoms with Crippen LogP contribution in [0.3, 0.4) is 0 Å². The van der Waals surface area contributed by atoms with Crippen LogP contribution in [0.15, 0.2) is 18.5 Å². The summed E-state index contributed by atoms with van der Waals surface area (Å²) in [7, 11) is 1.85. The van der Waals surface area contributed by atoms with Crippen molar-refractivity contribution < 1.29 is 0 Å². The first-order valence-corrected chi connectivity index (χ1v) is 6.97. The molecule has 2 heterocycles. The van der Waals surface area contributed by atoms with Crippen molar-refractivity contribution in [3.8, 4) is 0 Å². The van der Waals surface area contributed by atoms with Gasteiger partial charge in [0, 0.05) is 24.7 Å². The van der Waals surface area contributed by atoms with E-state index in [1.54, 1.807) is 12.4 Å². The topological polar surface area (TPSA) is 75.6 Å². The molecule has 0 amide bonds. The molecule has 0 atom stereocenters. The summed E-state index contributed by atoms with van der Waals surface area (Å²) < 4.78 is 0. The van der Waals surface area contributed by atoms with E-state index in [-0.39, 0.29) is 5.41 Å². The summed E-state index contributed by atoms with van der Waals surface area (Å²) in [6.45, 7) is 8.78. The number of anilines is 2. The molecule has 0 aliphatic carbocycles. The smallest absolute Gasteiger partial charge is 0.138 e. The Morgan fingerprint density at radius 1 is 1.05 bits per heavy atom. The van der Waals surface area contributed by atoms with Gasteiger partial charge in [-0.3, -0.25) is 9.97 Å². The van der Waals surface area contributed by atoms with E-state index in [2.05, 4.69) is 51.3 Å². The van der Waals surface area contributed by atoms with Crippen LogP contribution in [-0.4, -0.2) is 27.0 Å². The molecule has 0 aliphatic heterocycles. The monoisotopic (exact) mass is 286 g/mol. The molecule has 0 saturated heterocycles. The van der Waals surface area contributed by atoms with Gasteiger partial charge in [-0.05, 0) is 6.92 Å². The first-order valence-electron chi connectivity index (χ1n) is 6.97. The SMILES string of the molecule is CNc1cc(NCc2cnc(C)cn2)nc(C(C)(C)C)n1. The van der Waals surface area contributed by atoms with Gasteiger partial charge in [-0.25, -0.2) is 9.97 Å². The van der Waals surface area contributed by atoms with E-state index in [0.717, 1.165) is 28.8 Å². The molecule has 6 heteroatoms. The molecule has 112 valence electrons. The van der Waals surface area contributed by atoms with Gasteiger partial charge in [0.2, 0.25) is 0 Å². The van der Waals surface area contributed by atoms with Crippen molar-refractivity contribution in [3.63, 3.8) is 0 Å². The maximum Gasteiger partial charge on any atom is 0.138 e. The van der Waals surface area contributed by atoms with Crippen LogP contribution in [0, 0.1) is 6.92 Å². The quantitative estimate of drug-likeness (QED) is 0.899. The van der Waals surface area contributed by atoms with Gasteiger partial charge in [0.05, 0.1) is 24.1 Å². The first kappa shape index (κ1) is 15.2. The van der Waals surface area contributed by atoms with Crippen molar-refractivity contribution in [2.75, 3.05) is 17.7 Å². The van der Waals surface area contributed by atoms with Crippen molar-refractivity contribution >= 4 is 11.6 Å². The molecule has 0 aliphatic rings. The Morgan fingerprint density at radius 2 is 1.76 bits per heavy atom. The van der Waals surface area contributed by atoms with Crippen LogP contribution in [-0.2, 0) is 12.0 Å². The van der Waals surface area contributed by atoms with Crippen LogP contribution in [0.2, 0.25) is 0 Å². The Balaban J connectivity index is 2.17. The van der Waals surface area contributed by atoms with Crippen LogP contribution < -0.4 is 10.6 Å². The van der Waals surface area contributed by atoms with E-state index >= 15 is 0 Å². The fraction of sp³-hybridized carbons (Fsp3) is 0.467. The average Bonchev–Trinajstić information content (AvgIpc) is 2.45. The highest BCUT2D eigenvalue weighted by molar-refractivity contribution is 5.48. The molecule has 0 bridgehead atoms. The molecule has 0 radical (unpaired) electrons. The number of rotatable bonds is 4. The van der Waals surface area contributed by atoms with Gasteiger partial charge in [0.15, 0.2) is 0 Å². The van der Waals surface area contributed by atoms with Crippen LogP contribution >= 0.6 is 0 Å². The second-order valence-electron chi connectivity index (χ2n) is 5.96. The normalized spacial score (nSPS) is 11.3. The van der Waals surface area contributed by atoms with E-state index in [0.29, 0.717) is 6.54 Å². The summed E-state index contributed by atoms with van der Waals surface area (Å²) in [5.74, 6) is 2.38. The number of aromatic nitrogens is 4. The zero-order valence-corrected chi connectivity index (χ0v) is 13.2. The molecule has 21 heavy (non-hydrogen) atoms. The Bertz CT molecular complexity index is 601. The van der Waals surface area contributed by atoms with E-state index in [1.165, 1.54) is 0 Å². The van der Waals surface area contributed by atoms with Gasteiger partial charge in [-0.1, -0.05) is 20.8 Å². The zero-order valence-electron chi connectivity index (χ0n) is 13.2. The van der Waals surface area contributed by atoms with E-state index in [9.17, 15) is 0 Å². The van der Waals surface area contributed by atoms with Gasteiger partial charge in [0.1, 0.15) is 17.5 Å². The van der Waals surface area contributed by atoms with Gasteiger partial charge in [-0.15, -0.1) is 0 Å². The van der Waals surface area contributed by atoms with Crippen LogP contribution in [0.5, 0.6) is 0 Å². The van der Waals surface area contributed by atoms with Gasteiger partial charge < -0.3 is 10.6 Å². The summed E-state index contributed by atoms with van der Waals surface area (Å²) in [5, 5.41) is 6.34. The molecule has 2 N–H and O–H groups in total. The van der Waals surface area contributed by atoms with Gasteiger partial charge in [0.25, 0.3) is 0 Å². The maximum atomic E-state index is 4.57. The molecule has 0 unspecified atom stereocenters. The third-order valence-electron chi connectivity index (χ3n) is 2.94. The van der Waals surface area contributed by atoms with Crippen LogP contribution in [0.1, 0.15) is 38.0 Å². The van der Waals surface area contributed by atoms with E-state index < -0.39 is 0 Å². The fourth-order valence-electron chi connectivity index (χ4n) is 1.69. The summed E-state index contributed by atoms with van der Waals surface area (Å²) in [6.07, 6.45) is 3.53. The number of aryl methyl sites for hydroxylation is 1. The van der Waals surface area contributed by atoms with Gasteiger partial charge >= 0.3 is 0 Å². The predicted octanol–water partition coefficient (Wildman–Crippen LogP) is 2.53. The number of hydrogen-bond acceptors (Lipinski definition) is 6. The van der Waals surface area contributed by atoms with E-state index in [4.69, 9.17) is 0 Å². The molecule has 0 aromatic carbocycles. The average molecular weight is 286 g/mol. The Hall–Kier alpha value is -2.24. The van der Waals surface area contributed by atoms with Crippen molar-refractivity contribution in [1.82, 2.24) is 19.9 Å². The number of nitrogens with zero attached hydrogens (tertiary/aromatic N) is 4. The molecule has 2 rings (SSSR count). The molecule has 2 aromatic rings. The molecular weight excluding hydrogens is 264 g/mol. The maximum absolute atomic E-state index is 4.57. The fourth-order valence-corrected chi connectivity index (χ4v) is 1.69. The highest BCUT2D eigenvalue weighted by Gasteiger charge is 2.18. The Morgan fingerprint density at radius 3 is 2.33 bits per heavy atom. The highest BCUT2D eigenvalue weighted by atomic mass is 15.1. The zero-order chi connectivity index (χ0) is 15.5. The minimum Gasteiger partial charge on any atom is -0.373 e. The Labute approximate surface area is 125 Å². The summed E-state index contributed by atoms with van der Waals surface area (Å²) in [6, 6.07) is 1.89. The van der Waals surface area contributed by atoms with Crippen molar-refractivity contribution in [1.29, 1.82) is 0 Å². The van der Waals surface area contributed by atoms with Crippen LogP contribution in [0.4, 0.5) is 11.6 Å². The number of nitrogens with one attached hydrogen (secondary N) is 2. The predicted molar refractivity (Wildman–Crippen MR) is 84.4 cm³/mol. The van der Waals surface area contributed by atoms with Crippen molar-refractivity contribution in [3.05, 3.63) is 35.7 Å². The molecule has 2 aromatic heterocycles. The minimum atomic E-state index is -0.104. The summed E-state index contributed by atoms with van der Waals surface area (Å²) >= 11 is 0. The molecule has 0 saturated carbocycles. The second-order valence-corrected chi connectivity index (χ2v) is 5.96. The third kappa shape index (κ3) is 4.11. The lowest BCUT2D eigenvalue weighted by molar-refractivity contribution is 0.546. The largest absolute Gasteiger partial charge is 0.373 e. The minimum absolute atomic E-state index is 0.104. The van der Waals surface area contributed by atoms with Crippen LogP contribution in [0.25, 0.3) is 0 Å². The van der Waals surface area contributed by atoms with Gasteiger partial charge in [-0.2, -0.15) is 0 Å². The summed E-state index contributed by atoms with van der Waals surface area (Å²) in [4.78, 5) is 17.6. The van der Waals surface area contributed by atoms with Crippen molar-refractivity contribution in [2.24, 2.45) is 0 Å². The second kappa shape index (κ2) is 6.03. The lowest BCUT2D eigenvalue weighted by atomic mass is 9.96. The molecule has 0 fully saturated rings. The lowest BCUT2D eigenvalue weighted by Crippen LogP contribution is -2.18. The lowest BCUT2D eigenvalue weighted by Gasteiger charge is -2.18. The summed E-state index contributed by atoms with van der Waals surface area (Å²) in [5.41, 5.74) is 1.68. The van der Waals surface area contributed by atoms with Crippen molar-refractivity contribution in [2.45, 2.75) is 39.7 Å². The molecule has 0 spiro atoms. The van der Waals surface area contributed by atoms with E-state index in [1.807, 2.05) is 20.0 Å². The highest BCUT2D eigenvalue weighted by Crippen LogP contribution is 2.22. The standard InChI is InChI=1S/C15H22N6/c1-10-7-18-11(8-17-10)9-19-13-6-12(16-5)20-14(21-13)15(2,3)4/h6-8H,9H2,1-5H3,(H2,16,19,20,21).